The van der Waals surface area contributed by atoms with Crippen LogP contribution in [-0.2, 0) is 22.4 Å². The average molecular weight is 562 g/mol. The van der Waals surface area contributed by atoms with E-state index in [-0.39, 0.29) is 39.2 Å². The minimum absolute atomic E-state index is 0.136. The lowest BCUT2D eigenvalue weighted by Gasteiger charge is -2.29. The summed E-state index contributed by atoms with van der Waals surface area (Å²) in [4.78, 5) is 41.4. The van der Waals surface area contributed by atoms with Crippen molar-refractivity contribution in [1.29, 1.82) is 0 Å². The van der Waals surface area contributed by atoms with E-state index >= 15 is 0 Å². The van der Waals surface area contributed by atoms with Gasteiger partial charge in [0.05, 0.1) is 23.1 Å². The molecule has 4 atom stereocenters. The SMILES string of the molecule is CCc1cccc(CC)c1NC(=O)c1ccccc1N1C(=O)[C@H]2C[C@@H](Br)[C@@H](Br)C[C@H]2C1=O. The molecule has 0 aromatic heterocycles. The van der Waals surface area contributed by atoms with Crippen LogP contribution in [0.1, 0.15) is 48.2 Å². The Balaban J connectivity index is 1.68. The molecule has 5 nitrogen and oxygen atoms in total. The Hall–Kier alpha value is -1.99. The lowest BCUT2D eigenvalue weighted by molar-refractivity contribution is -0.122. The zero-order valence-electron chi connectivity index (χ0n) is 18.1. The number of amides is 3. The summed E-state index contributed by atoms with van der Waals surface area (Å²) in [5.74, 6) is -1.46. The van der Waals surface area contributed by atoms with Gasteiger partial charge in [-0.25, -0.2) is 4.90 Å². The Labute approximate surface area is 205 Å². The third kappa shape index (κ3) is 4.05. The quantitative estimate of drug-likeness (QED) is 0.388. The van der Waals surface area contributed by atoms with Crippen molar-refractivity contribution in [2.45, 2.75) is 49.2 Å². The third-order valence-corrected chi connectivity index (χ3v) is 9.27. The lowest BCUT2D eigenvalue weighted by Crippen LogP contribution is -2.34. The summed E-state index contributed by atoms with van der Waals surface area (Å²) >= 11 is 7.25. The molecule has 0 radical (unpaired) electrons. The van der Waals surface area contributed by atoms with Crippen LogP contribution in [0.15, 0.2) is 42.5 Å². The predicted octanol–water partition coefficient (Wildman–Crippen LogP) is 5.49. The Bertz CT molecular complexity index is 1020. The molecule has 168 valence electrons. The Morgan fingerprint density at radius 2 is 1.44 bits per heavy atom. The van der Waals surface area contributed by atoms with Crippen molar-refractivity contribution in [3.8, 4) is 0 Å². The summed E-state index contributed by atoms with van der Waals surface area (Å²) in [5, 5.41) is 3.06. The molecule has 2 fully saturated rings. The number of nitrogens with zero attached hydrogens (tertiary/aromatic N) is 1. The first-order valence-electron chi connectivity index (χ1n) is 11.0. The zero-order valence-corrected chi connectivity index (χ0v) is 21.3. The van der Waals surface area contributed by atoms with Gasteiger partial charge in [0.25, 0.3) is 5.91 Å². The molecular weight excluding hydrogens is 536 g/mol. The van der Waals surface area contributed by atoms with Gasteiger partial charge < -0.3 is 5.32 Å². The second-order valence-electron chi connectivity index (χ2n) is 8.36. The molecule has 0 bridgehead atoms. The van der Waals surface area contributed by atoms with Crippen molar-refractivity contribution in [3.05, 3.63) is 59.2 Å². The van der Waals surface area contributed by atoms with Crippen LogP contribution >= 0.6 is 31.9 Å². The molecule has 1 saturated carbocycles. The van der Waals surface area contributed by atoms with Crippen molar-refractivity contribution >= 4 is 61.0 Å². The maximum absolute atomic E-state index is 13.4. The molecule has 1 heterocycles. The van der Waals surface area contributed by atoms with Crippen LogP contribution in [0.2, 0.25) is 0 Å². The Kier molecular flexibility index (Phi) is 6.86. The van der Waals surface area contributed by atoms with Crippen molar-refractivity contribution < 1.29 is 14.4 Å². The summed E-state index contributed by atoms with van der Waals surface area (Å²) < 4.78 is 0. The second kappa shape index (κ2) is 9.48. The molecule has 2 aromatic rings. The maximum atomic E-state index is 13.4. The highest BCUT2D eigenvalue weighted by Crippen LogP contribution is 2.45. The Morgan fingerprint density at radius 1 is 0.906 bits per heavy atom. The topological polar surface area (TPSA) is 66.5 Å². The van der Waals surface area contributed by atoms with E-state index in [2.05, 4.69) is 51.0 Å². The van der Waals surface area contributed by atoms with Crippen LogP contribution in [0.5, 0.6) is 0 Å². The first-order valence-corrected chi connectivity index (χ1v) is 12.9. The minimum Gasteiger partial charge on any atom is -0.321 e. The van der Waals surface area contributed by atoms with Gasteiger partial charge in [0.2, 0.25) is 11.8 Å². The fourth-order valence-electron chi connectivity index (χ4n) is 4.78. The number of imide groups is 1. The summed E-state index contributed by atoms with van der Waals surface area (Å²) in [7, 11) is 0. The van der Waals surface area contributed by atoms with Gasteiger partial charge in [0.15, 0.2) is 0 Å². The number of benzene rings is 2. The highest BCUT2D eigenvalue weighted by molar-refractivity contribution is 9.12. The number of hydrogen-bond donors (Lipinski definition) is 1. The number of para-hydroxylation sites is 2. The van der Waals surface area contributed by atoms with E-state index in [0.717, 1.165) is 29.7 Å². The van der Waals surface area contributed by atoms with Crippen molar-refractivity contribution in [3.63, 3.8) is 0 Å². The molecule has 4 rings (SSSR count). The first-order chi connectivity index (χ1) is 15.4. The van der Waals surface area contributed by atoms with Crippen LogP contribution in [0, 0.1) is 11.8 Å². The van der Waals surface area contributed by atoms with Crippen LogP contribution in [0.25, 0.3) is 0 Å². The largest absolute Gasteiger partial charge is 0.321 e. The average Bonchev–Trinajstić information content (AvgIpc) is 3.03. The normalized spacial score (nSPS) is 25.1. The number of hydrogen-bond acceptors (Lipinski definition) is 3. The number of halogens is 2. The molecule has 2 aliphatic rings. The van der Waals surface area contributed by atoms with Crippen LogP contribution in [-0.4, -0.2) is 27.4 Å². The van der Waals surface area contributed by atoms with Crippen molar-refractivity contribution in [2.75, 3.05) is 10.2 Å². The van der Waals surface area contributed by atoms with Gasteiger partial charge in [-0.05, 0) is 48.9 Å². The standard InChI is InChI=1S/C25H26Br2N2O3/c1-3-14-8-7-9-15(4-2)22(14)28-23(30)16-10-5-6-11-21(16)29-24(31)17-12-19(26)20(27)13-18(17)25(29)32/h5-11,17-20H,3-4,12-13H2,1-2H3,(H,28,30)/t17-,18+,19+,20-. The summed E-state index contributed by atoms with van der Waals surface area (Å²) in [6, 6.07) is 12.9. The minimum atomic E-state index is -0.357. The molecular formula is C25H26Br2N2O3. The first kappa shape index (κ1) is 23.2. The van der Waals surface area contributed by atoms with Crippen molar-refractivity contribution in [1.82, 2.24) is 0 Å². The molecule has 1 aliphatic carbocycles. The van der Waals surface area contributed by atoms with E-state index in [9.17, 15) is 14.4 Å². The number of fused-ring (bicyclic) bond motifs is 1. The summed E-state index contributed by atoms with van der Waals surface area (Å²) in [5.41, 5.74) is 3.61. The van der Waals surface area contributed by atoms with E-state index in [1.54, 1.807) is 24.3 Å². The molecule has 1 aliphatic heterocycles. The molecule has 1 saturated heterocycles. The number of carbonyl (C=O) groups excluding carboxylic acids is 3. The third-order valence-electron chi connectivity index (χ3n) is 6.54. The molecule has 1 N–H and O–H groups in total. The van der Waals surface area contributed by atoms with E-state index in [1.807, 2.05) is 18.2 Å². The summed E-state index contributed by atoms with van der Waals surface area (Å²) in [6.07, 6.45) is 2.78. The predicted molar refractivity (Wildman–Crippen MR) is 134 cm³/mol. The van der Waals surface area contributed by atoms with E-state index < -0.39 is 0 Å². The van der Waals surface area contributed by atoms with Gasteiger partial charge >= 0.3 is 0 Å². The summed E-state index contributed by atoms with van der Waals surface area (Å²) in [6.45, 7) is 4.10. The molecule has 32 heavy (non-hydrogen) atoms. The number of carbonyl (C=O) groups is 3. The number of nitrogens with one attached hydrogen (secondary N) is 1. The maximum Gasteiger partial charge on any atom is 0.257 e. The fourth-order valence-corrected chi connectivity index (χ4v) is 6.01. The molecule has 7 heteroatoms. The Morgan fingerprint density at radius 3 is 1.97 bits per heavy atom. The van der Waals surface area contributed by atoms with Crippen LogP contribution < -0.4 is 10.2 Å². The fraction of sp³-hybridized carbons (Fsp3) is 0.400. The van der Waals surface area contributed by atoms with Gasteiger partial charge in [0.1, 0.15) is 0 Å². The number of alkyl halides is 2. The number of rotatable bonds is 5. The van der Waals surface area contributed by atoms with Crippen LogP contribution in [0.3, 0.4) is 0 Å². The highest BCUT2D eigenvalue weighted by Gasteiger charge is 2.52. The van der Waals surface area contributed by atoms with Crippen LogP contribution in [0.4, 0.5) is 11.4 Å². The van der Waals surface area contributed by atoms with E-state index in [0.29, 0.717) is 24.1 Å². The zero-order chi connectivity index (χ0) is 23.0. The monoisotopic (exact) mass is 560 g/mol. The molecule has 0 spiro atoms. The van der Waals surface area contributed by atoms with Gasteiger partial charge in [0, 0.05) is 15.3 Å². The van der Waals surface area contributed by atoms with E-state index in [1.165, 1.54) is 4.90 Å². The van der Waals surface area contributed by atoms with Gasteiger partial charge in [-0.1, -0.05) is 76.0 Å². The number of anilines is 2. The second-order valence-corrected chi connectivity index (χ2v) is 10.7. The molecule has 0 unspecified atom stereocenters. The smallest absolute Gasteiger partial charge is 0.257 e. The van der Waals surface area contributed by atoms with Gasteiger partial charge in [-0.15, -0.1) is 0 Å². The van der Waals surface area contributed by atoms with Gasteiger partial charge in [-0.3, -0.25) is 14.4 Å². The highest BCUT2D eigenvalue weighted by atomic mass is 79.9. The van der Waals surface area contributed by atoms with E-state index in [4.69, 9.17) is 0 Å². The lowest BCUT2D eigenvalue weighted by atomic mass is 9.81. The molecule has 2 aromatic carbocycles. The molecule has 3 amide bonds. The van der Waals surface area contributed by atoms with Crippen molar-refractivity contribution in [2.24, 2.45) is 11.8 Å². The van der Waals surface area contributed by atoms with Gasteiger partial charge in [-0.2, -0.15) is 0 Å². The number of aryl methyl sites for hydroxylation is 2.